The van der Waals surface area contributed by atoms with E-state index in [2.05, 4.69) is 199 Å². The van der Waals surface area contributed by atoms with E-state index < -0.39 is 0 Å². The Balaban J connectivity index is 0.999. The van der Waals surface area contributed by atoms with Crippen molar-refractivity contribution in [2.75, 3.05) is 0 Å². The van der Waals surface area contributed by atoms with Gasteiger partial charge in [0.1, 0.15) is 6.07 Å². The smallest absolute Gasteiger partial charge is 0.101 e. The van der Waals surface area contributed by atoms with Crippen molar-refractivity contribution >= 4 is 43.4 Å². The van der Waals surface area contributed by atoms with Gasteiger partial charge in [-0.2, -0.15) is 5.26 Å². The Morgan fingerprint density at radius 3 is 1.15 bits per heavy atom. The molecule has 1 aromatic heterocycles. The highest BCUT2D eigenvalue weighted by atomic mass is 15.0. The molecule has 0 N–H and O–H groups in total. The SMILES string of the molecule is N#Cc1cc(-c2ccc(-c3ccc(-c4c5ccccc5c(-c5ccccc5)c5ccccc45)cc3)cc2)ccc1-n1c2ccccc2c2ccccc21. The highest BCUT2D eigenvalue weighted by molar-refractivity contribution is 6.21. The third kappa shape index (κ3) is 5.02. The Labute approximate surface area is 308 Å². The van der Waals surface area contributed by atoms with Crippen LogP contribution in [-0.4, -0.2) is 4.57 Å². The van der Waals surface area contributed by atoms with Crippen molar-refractivity contribution in [1.82, 2.24) is 4.57 Å². The van der Waals surface area contributed by atoms with Crippen LogP contribution in [0.3, 0.4) is 0 Å². The van der Waals surface area contributed by atoms with Crippen molar-refractivity contribution in [1.29, 1.82) is 5.26 Å². The molecule has 9 aromatic carbocycles. The molecule has 0 aliphatic heterocycles. The molecule has 0 unspecified atom stereocenters. The molecular weight excluding hydrogens is 641 g/mol. The van der Waals surface area contributed by atoms with Gasteiger partial charge in [-0.3, -0.25) is 0 Å². The molecule has 246 valence electrons. The number of hydrogen-bond donors (Lipinski definition) is 0. The van der Waals surface area contributed by atoms with Gasteiger partial charge in [-0.15, -0.1) is 0 Å². The van der Waals surface area contributed by atoms with Crippen LogP contribution in [0.4, 0.5) is 0 Å². The highest BCUT2D eigenvalue weighted by Crippen LogP contribution is 2.44. The third-order valence-corrected chi connectivity index (χ3v) is 10.7. The van der Waals surface area contributed by atoms with E-state index >= 15 is 0 Å². The van der Waals surface area contributed by atoms with Gasteiger partial charge in [0.2, 0.25) is 0 Å². The fourth-order valence-corrected chi connectivity index (χ4v) is 8.22. The maximum absolute atomic E-state index is 10.3. The Morgan fingerprint density at radius 1 is 0.321 bits per heavy atom. The predicted molar refractivity (Wildman–Crippen MR) is 222 cm³/mol. The van der Waals surface area contributed by atoms with Crippen LogP contribution >= 0.6 is 0 Å². The second-order valence-electron chi connectivity index (χ2n) is 13.6. The van der Waals surface area contributed by atoms with E-state index in [1.807, 2.05) is 6.07 Å². The molecular formula is C51H32N2. The normalized spacial score (nSPS) is 11.4. The van der Waals surface area contributed by atoms with Gasteiger partial charge in [0.25, 0.3) is 0 Å². The first kappa shape index (κ1) is 30.6. The Kier molecular flexibility index (Phi) is 7.23. The lowest BCUT2D eigenvalue weighted by molar-refractivity contribution is 1.17. The monoisotopic (exact) mass is 672 g/mol. The molecule has 10 rings (SSSR count). The molecule has 2 nitrogen and oxygen atoms in total. The summed E-state index contributed by atoms with van der Waals surface area (Å²) in [5.41, 5.74) is 13.1. The summed E-state index contributed by atoms with van der Waals surface area (Å²) in [4.78, 5) is 0. The van der Waals surface area contributed by atoms with Crippen molar-refractivity contribution in [3.05, 3.63) is 200 Å². The van der Waals surface area contributed by atoms with Crippen molar-refractivity contribution in [3.8, 4) is 56.3 Å². The van der Waals surface area contributed by atoms with E-state index in [-0.39, 0.29) is 0 Å². The van der Waals surface area contributed by atoms with Gasteiger partial charge in [-0.05, 0) is 90.3 Å². The number of para-hydroxylation sites is 2. The van der Waals surface area contributed by atoms with Crippen LogP contribution in [0.15, 0.2) is 194 Å². The lowest BCUT2D eigenvalue weighted by Crippen LogP contribution is -1.98. The first-order valence-electron chi connectivity index (χ1n) is 18.0. The Hall–Kier alpha value is -7.21. The van der Waals surface area contributed by atoms with Gasteiger partial charge >= 0.3 is 0 Å². The number of aromatic nitrogens is 1. The summed E-state index contributed by atoms with van der Waals surface area (Å²) in [5.74, 6) is 0. The summed E-state index contributed by atoms with van der Waals surface area (Å²) < 4.78 is 2.21. The van der Waals surface area contributed by atoms with E-state index in [0.29, 0.717) is 5.56 Å². The lowest BCUT2D eigenvalue weighted by atomic mass is 9.86. The molecule has 0 aliphatic carbocycles. The number of nitriles is 1. The predicted octanol–water partition coefficient (Wildman–Crippen LogP) is 13.6. The lowest BCUT2D eigenvalue weighted by Gasteiger charge is -2.18. The molecule has 0 radical (unpaired) electrons. The van der Waals surface area contributed by atoms with Crippen LogP contribution in [0, 0.1) is 11.3 Å². The molecule has 0 fully saturated rings. The zero-order valence-corrected chi connectivity index (χ0v) is 28.9. The zero-order valence-electron chi connectivity index (χ0n) is 28.9. The standard InChI is InChI=1S/C51H32N2/c52-33-40-32-39(30-31-47(40)53-48-20-10-8-14-41(48)42-15-9-11-21-49(42)53)36-24-22-34(23-25-36)35-26-28-38(29-27-35)51-45-18-6-4-16-43(45)50(37-12-2-1-3-13-37)44-17-5-7-19-46(44)51/h1-32H. The minimum absolute atomic E-state index is 0.644. The van der Waals surface area contributed by atoms with Crippen molar-refractivity contribution in [2.24, 2.45) is 0 Å². The molecule has 0 bridgehead atoms. The molecule has 1 heterocycles. The van der Waals surface area contributed by atoms with E-state index in [9.17, 15) is 5.26 Å². The van der Waals surface area contributed by atoms with Crippen LogP contribution in [0.2, 0.25) is 0 Å². The largest absolute Gasteiger partial charge is 0.308 e. The average molecular weight is 673 g/mol. The van der Waals surface area contributed by atoms with Gasteiger partial charge in [0.05, 0.1) is 22.3 Å². The molecule has 0 spiro atoms. The van der Waals surface area contributed by atoms with Gasteiger partial charge in [-0.25, -0.2) is 0 Å². The van der Waals surface area contributed by atoms with Crippen LogP contribution in [0.1, 0.15) is 5.56 Å². The van der Waals surface area contributed by atoms with Gasteiger partial charge < -0.3 is 4.57 Å². The minimum atomic E-state index is 0.644. The molecule has 2 heteroatoms. The number of hydrogen-bond acceptors (Lipinski definition) is 1. The zero-order chi connectivity index (χ0) is 35.3. The second-order valence-corrected chi connectivity index (χ2v) is 13.6. The van der Waals surface area contributed by atoms with Crippen LogP contribution in [-0.2, 0) is 0 Å². The highest BCUT2D eigenvalue weighted by Gasteiger charge is 2.17. The molecule has 10 aromatic rings. The number of rotatable bonds is 5. The third-order valence-electron chi connectivity index (χ3n) is 10.7. The summed E-state index contributed by atoms with van der Waals surface area (Å²) >= 11 is 0. The van der Waals surface area contributed by atoms with Crippen molar-refractivity contribution < 1.29 is 0 Å². The van der Waals surface area contributed by atoms with Gasteiger partial charge in [0.15, 0.2) is 0 Å². The van der Waals surface area contributed by atoms with Crippen LogP contribution < -0.4 is 0 Å². The molecule has 0 amide bonds. The van der Waals surface area contributed by atoms with E-state index in [4.69, 9.17) is 0 Å². The van der Waals surface area contributed by atoms with Gasteiger partial charge in [-0.1, -0.05) is 170 Å². The molecule has 0 atom stereocenters. The number of nitrogens with zero attached hydrogens (tertiary/aromatic N) is 2. The minimum Gasteiger partial charge on any atom is -0.308 e. The maximum atomic E-state index is 10.3. The Morgan fingerprint density at radius 2 is 0.679 bits per heavy atom. The van der Waals surface area contributed by atoms with Crippen molar-refractivity contribution in [2.45, 2.75) is 0 Å². The average Bonchev–Trinajstić information content (AvgIpc) is 3.57. The summed E-state index contributed by atoms with van der Waals surface area (Å²) in [6.07, 6.45) is 0. The van der Waals surface area contributed by atoms with E-state index in [0.717, 1.165) is 39.0 Å². The van der Waals surface area contributed by atoms with Gasteiger partial charge in [0, 0.05) is 10.8 Å². The molecule has 53 heavy (non-hydrogen) atoms. The molecule has 0 saturated heterocycles. The quantitative estimate of drug-likeness (QED) is 0.167. The number of fused-ring (bicyclic) bond motifs is 5. The van der Waals surface area contributed by atoms with E-state index in [1.165, 1.54) is 54.6 Å². The molecule has 0 aliphatic rings. The van der Waals surface area contributed by atoms with Crippen LogP contribution in [0.5, 0.6) is 0 Å². The fraction of sp³-hybridized carbons (Fsp3) is 0. The van der Waals surface area contributed by atoms with Crippen LogP contribution in [0.25, 0.3) is 93.5 Å². The second kappa shape index (κ2) is 12.5. The number of benzene rings is 9. The summed E-state index contributed by atoms with van der Waals surface area (Å²) in [6, 6.07) is 71.5. The molecule has 0 saturated carbocycles. The topological polar surface area (TPSA) is 28.7 Å². The van der Waals surface area contributed by atoms with Crippen molar-refractivity contribution in [3.63, 3.8) is 0 Å². The summed E-state index contributed by atoms with van der Waals surface area (Å²) in [5, 5.41) is 17.7. The summed E-state index contributed by atoms with van der Waals surface area (Å²) in [7, 11) is 0. The first-order valence-corrected chi connectivity index (χ1v) is 18.0. The first-order chi connectivity index (χ1) is 26.3. The fourth-order valence-electron chi connectivity index (χ4n) is 8.22. The summed E-state index contributed by atoms with van der Waals surface area (Å²) in [6.45, 7) is 0. The Bertz CT molecular complexity index is 2920. The maximum Gasteiger partial charge on any atom is 0.101 e. The van der Waals surface area contributed by atoms with E-state index in [1.54, 1.807) is 0 Å².